The fourth-order valence-corrected chi connectivity index (χ4v) is 4.04. The molecule has 0 amide bonds. The van der Waals surface area contributed by atoms with Crippen LogP contribution in [0.4, 0.5) is 5.69 Å². The van der Waals surface area contributed by atoms with E-state index in [9.17, 15) is 18.5 Å². The quantitative estimate of drug-likeness (QED) is 0.628. The van der Waals surface area contributed by atoms with Gasteiger partial charge in [-0.2, -0.15) is 0 Å². The molecule has 0 spiro atoms. The van der Waals surface area contributed by atoms with Crippen molar-refractivity contribution < 1.29 is 13.3 Å². The Bertz CT molecular complexity index is 624. The molecule has 1 fully saturated rings. The second-order valence-electron chi connectivity index (χ2n) is 5.24. The molecule has 0 radical (unpaired) electrons. The van der Waals surface area contributed by atoms with Gasteiger partial charge in [0.25, 0.3) is 5.69 Å². The van der Waals surface area contributed by atoms with Crippen molar-refractivity contribution in [3.05, 3.63) is 33.9 Å². The van der Waals surface area contributed by atoms with E-state index in [0.29, 0.717) is 12.1 Å². The fraction of sp³-hybridized carbons (Fsp3) is 0.538. The van der Waals surface area contributed by atoms with Crippen LogP contribution in [0.1, 0.15) is 18.4 Å². The number of hydrogen-bond donors (Lipinski definition) is 2. The smallest absolute Gasteiger partial charge is 0.289 e. The zero-order valence-corrected chi connectivity index (χ0v) is 12.6. The van der Waals surface area contributed by atoms with E-state index in [-0.39, 0.29) is 16.5 Å². The highest BCUT2D eigenvalue weighted by molar-refractivity contribution is 7.89. The minimum absolute atomic E-state index is 0.219. The summed E-state index contributed by atoms with van der Waals surface area (Å²) in [5.74, 6) is 0.219. The summed E-state index contributed by atoms with van der Waals surface area (Å²) in [5, 5.41) is 14.2. The minimum atomic E-state index is -3.89. The molecular formula is C13H19N3O4S. The topological polar surface area (TPSA) is 101 Å². The van der Waals surface area contributed by atoms with Crippen molar-refractivity contribution in [3.8, 4) is 0 Å². The first kappa shape index (κ1) is 15.9. The lowest BCUT2D eigenvalue weighted by Gasteiger charge is -2.23. The molecule has 21 heavy (non-hydrogen) atoms. The second kappa shape index (κ2) is 6.50. The largest absolute Gasteiger partial charge is 0.316 e. The maximum Gasteiger partial charge on any atom is 0.289 e. The summed E-state index contributed by atoms with van der Waals surface area (Å²) in [6.07, 6.45) is 1.96. The third-order valence-electron chi connectivity index (χ3n) is 3.62. The number of nitro groups is 1. The highest BCUT2D eigenvalue weighted by Gasteiger charge is 2.28. The average Bonchev–Trinajstić information content (AvgIpc) is 2.46. The van der Waals surface area contributed by atoms with Crippen LogP contribution in [0, 0.1) is 23.0 Å². The minimum Gasteiger partial charge on any atom is -0.316 e. The number of sulfonamides is 1. The van der Waals surface area contributed by atoms with Crippen molar-refractivity contribution >= 4 is 15.7 Å². The van der Waals surface area contributed by atoms with Gasteiger partial charge in [-0.25, -0.2) is 13.1 Å². The number of piperidine rings is 1. The predicted molar refractivity (Wildman–Crippen MR) is 78.6 cm³/mol. The molecule has 1 atom stereocenters. The van der Waals surface area contributed by atoms with Crippen molar-refractivity contribution in [1.82, 2.24) is 10.0 Å². The number of nitrogens with zero attached hydrogens (tertiary/aromatic N) is 1. The Kier molecular flexibility index (Phi) is 4.92. The van der Waals surface area contributed by atoms with Gasteiger partial charge in [-0.3, -0.25) is 10.1 Å². The summed E-state index contributed by atoms with van der Waals surface area (Å²) in [5.41, 5.74) is -0.0114. The van der Waals surface area contributed by atoms with Crippen molar-refractivity contribution in [2.75, 3.05) is 19.6 Å². The maximum absolute atomic E-state index is 12.4. The van der Waals surface area contributed by atoms with E-state index in [1.54, 1.807) is 13.0 Å². The predicted octanol–water partition coefficient (Wildman–Crippen LogP) is 1.18. The van der Waals surface area contributed by atoms with Crippen LogP contribution in [0.2, 0.25) is 0 Å². The third kappa shape index (κ3) is 3.78. The third-order valence-corrected chi connectivity index (χ3v) is 5.23. The van der Waals surface area contributed by atoms with Crippen LogP contribution < -0.4 is 10.0 Å². The molecule has 0 saturated carbocycles. The SMILES string of the molecule is Cc1cccc([N+](=O)[O-])c1S(=O)(=O)NCC1CCCNC1. The van der Waals surface area contributed by atoms with Gasteiger partial charge in [0.15, 0.2) is 4.90 Å². The summed E-state index contributed by atoms with van der Waals surface area (Å²) in [7, 11) is -3.89. The monoisotopic (exact) mass is 313 g/mol. The van der Waals surface area contributed by atoms with E-state index in [1.165, 1.54) is 12.1 Å². The standard InChI is InChI=1S/C13H19N3O4S/c1-10-4-2-6-12(16(17)18)13(10)21(19,20)15-9-11-5-3-7-14-8-11/h2,4,6,11,14-15H,3,5,7-9H2,1H3. The Morgan fingerprint density at radius 2 is 2.24 bits per heavy atom. The lowest BCUT2D eigenvalue weighted by atomic mass is 10.0. The van der Waals surface area contributed by atoms with Crippen LogP contribution in [0.3, 0.4) is 0 Å². The lowest BCUT2D eigenvalue weighted by molar-refractivity contribution is -0.387. The summed E-state index contributed by atoms with van der Waals surface area (Å²) in [6, 6.07) is 4.25. The van der Waals surface area contributed by atoms with E-state index in [4.69, 9.17) is 0 Å². The average molecular weight is 313 g/mol. The first-order valence-electron chi connectivity index (χ1n) is 6.86. The van der Waals surface area contributed by atoms with Gasteiger partial charge in [0.2, 0.25) is 10.0 Å². The molecule has 0 aromatic heterocycles. The molecule has 0 aliphatic carbocycles. The molecule has 1 aliphatic rings. The number of rotatable bonds is 5. The molecule has 1 aliphatic heterocycles. The van der Waals surface area contributed by atoms with E-state index in [0.717, 1.165) is 25.9 Å². The summed E-state index contributed by atoms with van der Waals surface area (Å²) in [4.78, 5) is 10.1. The summed E-state index contributed by atoms with van der Waals surface area (Å²) >= 11 is 0. The number of aryl methyl sites for hydroxylation is 1. The van der Waals surface area contributed by atoms with Gasteiger partial charge < -0.3 is 5.32 Å². The molecule has 8 heteroatoms. The van der Waals surface area contributed by atoms with Crippen molar-refractivity contribution in [2.24, 2.45) is 5.92 Å². The molecule has 1 unspecified atom stereocenters. The molecule has 116 valence electrons. The second-order valence-corrected chi connectivity index (χ2v) is 6.95. The van der Waals surface area contributed by atoms with E-state index < -0.39 is 14.9 Å². The summed E-state index contributed by atoms with van der Waals surface area (Å²) < 4.78 is 27.3. The molecule has 1 heterocycles. The Labute approximate surface area is 123 Å². The van der Waals surface area contributed by atoms with Crippen molar-refractivity contribution in [3.63, 3.8) is 0 Å². The Hall–Kier alpha value is -1.51. The molecule has 1 saturated heterocycles. The van der Waals surface area contributed by atoms with Crippen LogP contribution in [0.5, 0.6) is 0 Å². The van der Waals surface area contributed by atoms with E-state index in [2.05, 4.69) is 10.0 Å². The normalized spacial score (nSPS) is 19.4. The Balaban J connectivity index is 2.21. The van der Waals surface area contributed by atoms with Gasteiger partial charge in [-0.05, 0) is 44.3 Å². The summed E-state index contributed by atoms with van der Waals surface area (Å²) in [6.45, 7) is 3.56. The van der Waals surface area contributed by atoms with Crippen LogP contribution in [-0.4, -0.2) is 33.0 Å². The van der Waals surface area contributed by atoms with Crippen LogP contribution in [0.15, 0.2) is 23.1 Å². The van der Waals surface area contributed by atoms with Gasteiger partial charge in [0.05, 0.1) is 4.92 Å². The lowest BCUT2D eigenvalue weighted by Crippen LogP contribution is -2.38. The first-order chi connectivity index (χ1) is 9.92. The highest BCUT2D eigenvalue weighted by atomic mass is 32.2. The van der Waals surface area contributed by atoms with Crippen LogP contribution in [-0.2, 0) is 10.0 Å². The highest BCUT2D eigenvalue weighted by Crippen LogP contribution is 2.26. The molecule has 1 aromatic carbocycles. The number of benzene rings is 1. The molecular weight excluding hydrogens is 294 g/mol. The number of nitrogens with one attached hydrogen (secondary N) is 2. The molecule has 2 rings (SSSR count). The first-order valence-corrected chi connectivity index (χ1v) is 8.34. The zero-order chi connectivity index (χ0) is 15.5. The Morgan fingerprint density at radius 1 is 1.48 bits per heavy atom. The number of hydrogen-bond acceptors (Lipinski definition) is 5. The van der Waals surface area contributed by atoms with Crippen molar-refractivity contribution in [2.45, 2.75) is 24.7 Å². The van der Waals surface area contributed by atoms with Gasteiger partial charge in [0, 0.05) is 12.6 Å². The molecule has 1 aromatic rings. The Morgan fingerprint density at radius 3 is 2.86 bits per heavy atom. The molecule has 7 nitrogen and oxygen atoms in total. The molecule has 0 bridgehead atoms. The number of nitro benzene ring substituents is 1. The van der Waals surface area contributed by atoms with E-state index in [1.807, 2.05) is 0 Å². The van der Waals surface area contributed by atoms with Crippen molar-refractivity contribution in [1.29, 1.82) is 0 Å². The van der Waals surface area contributed by atoms with Gasteiger partial charge in [-0.15, -0.1) is 0 Å². The van der Waals surface area contributed by atoms with Gasteiger partial charge in [0.1, 0.15) is 0 Å². The molecule has 2 N–H and O–H groups in total. The van der Waals surface area contributed by atoms with Crippen LogP contribution in [0.25, 0.3) is 0 Å². The zero-order valence-electron chi connectivity index (χ0n) is 11.8. The van der Waals surface area contributed by atoms with E-state index >= 15 is 0 Å². The fourth-order valence-electron chi connectivity index (χ4n) is 2.53. The van der Waals surface area contributed by atoms with Gasteiger partial charge in [-0.1, -0.05) is 12.1 Å². The maximum atomic E-state index is 12.4. The van der Waals surface area contributed by atoms with Crippen LogP contribution >= 0.6 is 0 Å². The van der Waals surface area contributed by atoms with Gasteiger partial charge >= 0.3 is 0 Å².